The van der Waals surface area contributed by atoms with Crippen molar-refractivity contribution >= 4 is 0 Å². The molecule has 110 valence electrons. The molecule has 0 aromatic rings. The van der Waals surface area contributed by atoms with E-state index in [2.05, 4.69) is 23.7 Å². The molecule has 3 nitrogen and oxygen atoms in total. The highest BCUT2D eigenvalue weighted by molar-refractivity contribution is 4.98. The Morgan fingerprint density at radius 2 is 2.11 bits per heavy atom. The third-order valence-corrected chi connectivity index (χ3v) is 4.58. The fourth-order valence-electron chi connectivity index (χ4n) is 3.38. The number of nitrogens with one attached hydrogen (secondary N) is 1. The Labute approximate surface area is 118 Å². The molecule has 2 fully saturated rings. The normalized spacial score (nSPS) is 27.6. The van der Waals surface area contributed by atoms with Gasteiger partial charge in [-0.05, 0) is 26.7 Å². The molecule has 1 saturated carbocycles. The van der Waals surface area contributed by atoms with Crippen molar-refractivity contribution in [1.82, 2.24) is 10.2 Å². The Morgan fingerprint density at radius 3 is 2.79 bits per heavy atom. The lowest BCUT2D eigenvalue weighted by molar-refractivity contribution is 0.0369. The summed E-state index contributed by atoms with van der Waals surface area (Å²) < 4.78 is 5.66. The summed E-state index contributed by atoms with van der Waals surface area (Å²) in [5, 5.41) is 3.83. The lowest BCUT2D eigenvalue weighted by atomic mass is 9.79. The molecular weight excluding hydrogens is 236 g/mol. The van der Waals surface area contributed by atoms with E-state index >= 15 is 0 Å². The molecule has 1 unspecified atom stereocenters. The van der Waals surface area contributed by atoms with Crippen LogP contribution in [0.25, 0.3) is 0 Å². The highest BCUT2D eigenvalue weighted by Crippen LogP contribution is 2.31. The van der Waals surface area contributed by atoms with Crippen molar-refractivity contribution in [2.45, 2.75) is 57.5 Å². The maximum atomic E-state index is 5.66. The van der Waals surface area contributed by atoms with Crippen LogP contribution in [-0.4, -0.2) is 49.3 Å². The second-order valence-corrected chi connectivity index (χ2v) is 6.55. The number of nitrogens with zero attached hydrogens (tertiary/aromatic N) is 1. The van der Waals surface area contributed by atoms with Crippen LogP contribution >= 0.6 is 0 Å². The predicted molar refractivity (Wildman–Crippen MR) is 80.5 cm³/mol. The second kappa shape index (κ2) is 6.87. The van der Waals surface area contributed by atoms with Gasteiger partial charge in [0, 0.05) is 31.2 Å². The minimum Gasteiger partial charge on any atom is -0.376 e. The summed E-state index contributed by atoms with van der Waals surface area (Å²) in [5.74, 6) is 0. The molecule has 19 heavy (non-hydrogen) atoms. The molecule has 1 atom stereocenters. The largest absolute Gasteiger partial charge is 0.376 e. The minimum atomic E-state index is 0.402. The van der Waals surface area contributed by atoms with Gasteiger partial charge >= 0.3 is 0 Å². The average molecular weight is 266 g/mol. The van der Waals surface area contributed by atoms with Crippen molar-refractivity contribution in [3.05, 3.63) is 12.2 Å². The standard InChI is InChI=1S/C16H30N2O/c1-14(2)12-19-10-9-18-13-16(17-11-15(18)3)7-5-4-6-8-16/h15,17H,1,4-13H2,2-3H3. The first-order valence-electron chi connectivity index (χ1n) is 7.82. The zero-order valence-corrected chi connectivity index (χ0v) is 12.7. The zero-order chi connectivity index (χ0) is 13.7. The maximum Gasteiger partial charge on any atom is 0.0672 e. The monoisotopic (exact) mass is 266 g/mol. The van der Waals surface area contributed by atoms with E-state index in [1.54, 1.807) is 0 Å². The third kappa shape index (κ3) is 4.30. The summed E-state index contributed by atoms with van der Waals surface area (Å²) >= 11 is 0. The van der Waals surface area contributed by atoms with E-state index < -0.39 is 0 Å². The molecule has 0 radical (unpaired) electrons. The number of piperazine rings is 1. The van der Waals surface area contributed by atoms with Gasteiger partial charge < -0.3 is 10.1 Å². The molecule has 1 aliphatic carbocycles. The first-order chi connectivity index (χ1) is 9.11. The van der Waals surface area contributed by atoms with Gasteiger partial charge in [-0.15, -0.1) is 0 Å². The predicted octanol–water partition coefficient (Wildman–Crippen LogP) is 2.58. The van der Waals surface area contributed by atoms with Gasteiger partial charge in [0.25, 0.3) is 0 Å². The van der Waals surface area contributed by atoms with E-state index in [9.17, 15) is 0 Å². The molecule has 2 aliphatic rings. The van der Waals surface area contributed by atoms with Gasteiger partial charge in [0.05, 0.1) is 13.2 Å². The highest BCUT2D eigenvalue weighted by Gasteiger charge is 2.38. The summed E-state index contributed by atoms with van der Waals surface area (Å²) in [6, 6.07) is 0.626. The van der Waals surface area contributed by atoms with Crippen molar-refractivity contribution in [3.8, 4) is 0 Å². The van der Waals surface area contributed by atoms with Crippen molar-refractivity contribution in [2.75, 3.05) is 32.8 Å². The van der Waals surface area contributed by atoms with Crippen molar-refractivity contribution in [3.63, 3.8) is 0 Å². The van der Waals surface area contributed by atoms with Gasteiger partial charge in [0.15, 0.2) is 0 Å². The quantitative estimate of drug-likeness (QED) is 0.611. The summed E-state index contributed by atoms with van der Waals surface area (Å²) in [5.41, 5.74) is 1.51. The van der Waals surface area contributed by atoms with Crippen LogP contribution in [0, 0.1) is 0 Å². The minimum absolute atomic E-state index is 0.402. The van der Waals surface area contributed by atoms with E-state index in [0.717, 1.165) is 25.3 Å². The first kappa shape index (κ1) is 15.0. The molecule has 1 heterocycles. The molecule has 1 saturated heterocycles. The number of ether oxygens (including phenoxy) is 1. The molecule has 3 heteroatoms. The Hall–Kier alpha value is -0.380. The van der Waals surface area contributed by atoms with Gasteiger partial charge in [-0.3, -0.25) is 4.90 Å². The molecular formula is C16H30N2O. The number of rotatable bonds is 5. The van der Waals surface area contributed by atoms with Gasteiger partial charge in [-0.2, -0.15) is 0 Å². The topological polar surface area (TPSA) is 24.5 Å². The van der Waals surface area contributed by atoms with E-state index in [1.807, 2.05) is 6.92 Å². The smallest absolute Gasteiger partial charge is 0.0672 e. The summed E-state index contributed by atoms with van der Waals surface area (Å²) in [7, 11) is 0. The average Bonchev–Trinajstić information content (AvgIpc) is 2.40. The van der Waals surface area contributed by atoms with Crippen LogP contribution < -0.4 is 5.32 Å². The Bertz CT molecular complexity index is 297. The van der Waals surface area contributed by atoms with E-state index in [4.69, 9.17) is 4.74 Å². The van der Waals surface area contributed by atoms with Crippen molar-refractivity contribution in [1.29, 1.82) is 0 Å². The van der Waals surface area contributed by atoms with Crippen LogP contribution in [0.5, 0.6) is 0 Å². The van der Waals surface area contributed by atoms with E-state index in [0.29, 0.717) is 18.2 Å². The van der Waals surface area contributed by atoms with Crippen LogP contribution in [0.2, 0.25) is 0 Å². The Morgan fingerprint density at radius 1 is 1.37 bits per heavy atom. The van der Waals surface area contributed by atoms with E-state index in [-0.39, 0.29) is 0 Å². The highest BCUT2D eigenvalue weighted by atomic mass is 16.5. The maximum absolute atomic E-state index is 5.66. The van der Waals surface area contributed by atoms with Crippen LogP contribution in [-0.2, 0) is 4.74 Å². The molecule has 0 amide bonds. The lowest BCUT2D eigenvalue weighted by Crippen LogP contribution is -2.64. The molecule has 0 bridgehead atoms. The van der Waals surface area contributed by atoms with Crippen LogP contribution in [0.3, 0.4) is 0 Å². The first-order valence-corrected chi connectivity index (χ1v) is 7.82. The Kier molecular flexibility index (Phi) is 5.43. The molecule has 0 aromatic carbocycles. The van der Waals surface area contributed by atoms with Gasteiger partial charge in [0.2, 0.25) is 0 Å². The SMILES string of the molecule is C=C(C)COCCN1CC2(CCCCC2)NCC1C. The number of hydrogen-bond acceptors (Lipinski definition) is 3. The van der Waals surface area contributed by atoms with Crippen molar-refractivity contribution in [2.24, 2.45) is 0 Å². The summed E-state index contributed by atoms with van der Waals surface area (Å²) in [6.07, 6.45) is 6.90. The van der Waals surface area contributed by atoms with E-state index in [1.165, 1.54) is 38.6 Å². The number of hydrogen-bond donors (Lipinski definition) is 1. The molecule has 1 spiro atoms. The summed E-state index contributed by atoms with van der Waals surface area (Å²) in [4.78, 5) is 2.61. The summed E-state index contributed by atoms with van der Waals surface area (Å²) in [6.45, 7) is 13.1. The lowest BCUT2D eigenvalue weighted by Gasteiger charge is -2.49. The van der Waals surface area contributed by atoms with Crippen LogP contribution in [0.4, 0.5) is 0 Å². The fraction of sp³-hybridized carbons (Fsp3) is 0.875. The van der Waals surface area contributed by atoms with Crippen LogP contribution in [0.15, 0.2) is 12.2 Å². The van der Waals surface area contributed by atoms with Gasteiger partial charge in [0.1, 0.15) is 0 Å². The third-order valence-electron chi connectivity index (χ3n) is 4.58. The molecule has 2 rings (SSSR count). The van der Waals surface area contributed by atoms with Crippen molar-refractivity contribution < 1.29 is 4.74 Å². The molecule has 1 N–H and O–H groups in total. The van der Waals surface area contributed by atoms with Crippen LogP contribution in [0.1, 0.15) is 46.0 Å². The molecule has 1 aliphatic heterocycles. The molecule has 0 aromatic heterocycles. The zero-order valence-electron chi connectivity index (χ0n) is 12.7. The fourth-order valence-corrected chi connectivity index (χ4v) is 3.38. The second-order valence-electron chi connectivity index (χ2n) is 6.55. The van der Waals surface area contributed by atoms with Gasteiger partial charge in [-0.1, -0.05) is 31.4 Å². The van der Waals surface area contributed by atoms with Gasteiger partial charge in [-0.25, -0.2) is 0 Å². The Balaban J connectivity index is 1.79.